The zero-order chi connectivity index (χ0) is 14.6. The smallest absolute Gasteiger partial charge is 0.282 e. The van der Waals surface area contributed by atoms with Gasteiger partial charge in [0, 0.05) is 11.6 Å². The predicted molar refractivity (Wildman–Crippen MR) is 77.3 cm³/mol. The maximum absolute atomic E-state index is 10.9. The van der Waals surface area contributed by atoms with Crippen molar-refractivity contribution in [1.82, 2.24) is 4.98 Å². The zero-order valence-electron chi connectivity index (χ0n) is 11.3. The first-order valence-corrected chi connectivity index (χ1v) is 7.95. The van der Waals surface area contributed by atoms with Crippen LogP contribution in [0.5, 0.6) is 0 Å². The van der Waals surface area contributed by atoms with E-state index < -0.39 is 10.1 Å². The van der Waals surface area contributed by atoms with Gasteiger partial charge in [0.05, 0.1) is 9.90 Å². The lowest BCUT2D eigenvalue weighted by Crippen LogP contribution is -2.04. The average molecular weight is 299 g/mol. The van der Waals surface area contributed by atoms with Crippen molar-refractivity contribution < 1.29 is 13.0 Å². The summed E-state index contributed by atoms with van der Waals surface area (Å²) in [5, 5.41) is 3.10. The molecule has 1 aromatic carbocycles. The summed E-state index contributed by atoms with van der Waals surface area (Å²) in [6, 6.07) is 3.46. The van der Waals surface area contributed by atoms with Crippen molar-refractivity contribution in [3.63, 3.8) is 0 Å². The van der Waals surface area contributed by atoms with Crippen molar-refractivity contribution in [2.45, 2.75) is 32.6 Å². The van der Waals surface area contributed by atoms with Crippen molar-refractivity contribution in [1.29, 1.82) is 0 Å². The Labute approximate surface area is 117 Å². The van der Waals surface area contributed by atoms with Crippen molar-refractivity contribution in [2.24, 2.45) is 0 Å². The van der Waals surface area contributed by atoms with Gasteiger partial charge >= 0.3 is 0 Å². The molecule has 2 rings (SSSR count). The van der Waals surface area contributed by atoms with Crippen LogP contribution >= 0.6 is 11.3 Å². The third-order valence-electron chi connectivity index (χ3n) is 2.42. The number of hydrogen-bond acceptors (Lipinski definition) is 4. The van der Waals surface area contributed by atoms with Gasteiger partial charge in [-0.15, -0.1) is 11.3 Å². The molecular formula is C13H17NO3S2. The van der Waals surface area contributed by atoms with Gasteiger partial charge in [-0.05, 0) is 38.8 Å². The number of nitrogens with zero attached hydrogens (tertiary/aromatic N) is 1. The minimum atomic E-state index is -4.08. The summed E-state index contributed by atoms with van der Waals surface area (Å²) in [5.41, 5.74) is 2.16. The number of thiazole rings is 1. The minimum absolute atomic E-state index is 0.0260. The first-order valence-electron chi connectivity index (χ1n) is 5.63. The second-order valence-corrected chi connectivity index (χ2v) is 6.71. The van der Waals surface area contributed by atoms with Gasteiger partial charge in [0.2, 0.25) is 0 Å². The van der Waals surface area contributed by atoms with Gasteiger partial charge in [0.25, 0.3) is 10.1 Å². The molecule has 0 aliphatic heterocycles. The normalized spacial score (nSPS) is 10.8. The number of hydrogen-bond donors (Lipinski definition) is 1. The summed E-state index contributed by atoms with van der Waals surface area (Å²) in [6.07, 6.45) is 1.81. The summed E-state index contributed by atoms with van der Waals surface area (Å²) in [6.45, 7) is 7.21. The van der Waals surface area contributed by atoms with Crippen LogP contribution in [-0.2, 0) is 10.1 Å². The van der Waals surface area contributed by atoms with Crippen LogP contribution in [0.25, 0.3) is 0 Å². The fraction of sp³-hybridized carbons (Fsp3) is 0.308. The molecule has 2 aromatic rings. The largest absolute Gasteiger partial charge is 0.295 e. The molecule has 1 heterocycles. The molecule has 19 heavy (non-hydrogen) atoms. The van der Waals surface area contributed by atoms with Crippen LogP contribution in [0.4, 0.5) is 0 Å². The van der Waals surface area contributed by atoms with E-state index in [4.69, 9.17) is 4.55 Å². The van der Waals surface area contributed by atoms with Crippen LogP contribution in [0, 0.1) is 27.7 Å². The van der Waals surface area contributed by atoms with E-state index in [1.54, 1.807) is 43.5 Å². The molecule has 0 bridgehead atoms. The average Bonchev–Trinajstić information content (AvgIpc) is 2.65. The van der Waals surface area contributed by atoms with Crippen molar-refractivity contribution in [3.05, 3.63) is 45.4 Å². The van der Waals surface area contributed by atoms with Gasteiger partial charge in [-0.25, -0.2) is 0 Å². The number of aryl methyl sites for hydroxylation is 4. The van der Waals surface area contributed by atoms with Gasteiger partial charge < -0.3 is 0 Å². The molecule has 0 aliphatic carbocycles. The highest BCUT2D eigenvalue weighted by Crippen LogP contribution is 2.20. The molecule has 0 unspecified atom stereocenters. The molecule has 0 spiro atoms. The summed E-state index contributed by atoms with van der Waals surface area (Å²) in [4.78, 5) is 3.96. The van der Waals surface area contributed by atoms with E-state index in [0.29, 0.717) is 11.1 Å². The summed E-state index contributed by atoms with van der Waals surface area (Å²) in [7, 11) is -4.08. The number of aromatic nitrogens is 1. The minimum Gasteiger partial charge on any atom is -0.282 e. The summed E-state index contributed by atoms with van der Waals surface area (Å²) >= 11 is 1.67. The van der Waals surface area contributed by atoms with E-state index in [-0.39, 0.29) is 4.90 Å². The molecule has 0 saturated carbocycles. The maximum Gasteiger partial charge on any atom is 0.295 e. The standard InChI is InChI=1S/C9H12O3S.C4H5NS/c1-6-4-7(2)9(8(3)5-6)13(10,11)12;1-4-5-2-3-6-4/h4-5H,1-3H3,(H,10,11,12);2-3H,1H3. The Hall–Kier alpha value is -1.24. The molecule has 0 aliphatic rings. The Morgan fingerprint density at radius 1 is 1.11 bits per heavy atom. The number of benzene rings is 1. The van der Waals surface area contributed by atoms with Crippen LogP contribution in [-0.4, -0.2) is 18.0 Å². The Bertz CT molecular complexity index is 624. The van der Waals surface area contributed by atoms with Crippen LogP contribution < -0.4 is 0 Å². The molecule has 0 amide bonds. The molecule has 0 radical (unpaired) electrons. The molecule has 4 nitrogen and oxygen atoms in total. The third kappa shape index (κ3) is 4.74. The fourth-order valence-corrected chi connectivity index (χ4v) is 3.24. The first kappa shape index (κ1) is 15.8. The molecule has 1 N–H and O–H groups in total. The molecule has 0 atom stereocenters. The first-order chi connectivity index (χ1) is 8.71. The lowest BCUT2D eigenvalue weighted by Gasteiger charge is -2.07. The number of rotatable bonds is 1. The topological polar surface area (TPSA) is 67.3 Å². The predicted octanol–water partition coefficient (Wildman–Crippen LogP) is 3.31. The molecule has 104 valence electrons. The maximum atomic E-state index is 10.9. The summed E-state index contributed by atoms with van der Waals surface area (Å²) in [5.74, 6) is 0. The van der Waals surface area contributed by atoms with Gasteiger partial charge in [0.1, 0.15) is 0 Å². The molecule has 1 aromatic heterocycles. The van der Waals surface area contributed by atoms with Gasteiger partial charge in [-0.1, -0.05) is 17.7 Å². The molecule has 0 fully saturated rings. The molecular weight excluding hydrogens is 282 g/mol. The third-order valence-corrected chi connectivity index (χ3v) is 4.28. The van der Waals surface area contributed by atoms with E-state index in [9.17, 15) is 8.42 Å². The second kappa shape index (κ2) is 6.27. The van der Waals surface area contributed by atoms with Gasteiger partial charge in [-0.2, -0.15) is 8.42 Å². The molecule has 0 saturated heterocycles. The van der Waals surface area contributed by atoms with Crippen LogP contribution in [0.15, 0.2) is 28.6 Å². The molecule has 6 heteroatoms. The highest BCUT2D eigenvalue weighted by molar-refractivity contribution is 7.86. The Morgan fingerprint density at radius 3 is 1.89 bits per heavy atom. The second-order valence-electron chi connectivity index (χ2n) is 4.25. The Balaban J connectivity index is 0.000000250. The quantitative estimate of drug-likeness (QED) is 0.820. The SMILES string of the molecule is Cc1cc(C)c(S(=O)(=O)O)c(C)c1.Cc1nccs1. The Kier molecular flexibility index (Phi) is 5.22. The highest BCUT2D eigenvalue weighted by atomic mass is 32.2. The van der Waals surface area contributed by atoms with Crippen LogP contribution in [0.1, 0.15) is 21.7 Å². The van der Waals surface area contributed by atoms with Crippen molar-refractivity contribution in [2.75, 3.05) is 0 Å². The van der Waals surface area contributed by atoms with Crippen molar-refractivity contribution >= 4 is 21.5 Å². The van der Waals surface area contributed by atoms with E-state index in [1.807, 2.05) is 19.2 Å². The summed E-state index contributed by atoms with van der Waals surface area (Å²) < 4.78 is 30.8. The van der Waals surface area contributed by atoms with E-state index in [2.05, 4.69) is 4.98 Å². The fourth-order valence-electron chi connectivity index (χ4n) is 1.87. The van der Waals surface area contributed by atoms with Crippen LogP contribution in [0.2, 0.25) is 0 Å². The lowest BCUT2D eigenvalue weighted by atomic mass is 10.1. The zero-order valence-corrected chi connectivity index (χ0v) is 13.0. The van der Waals surface area contributed by atoms with Crippen molar-refractivity contribution in [3.8, 4) is 0 Å². The van der Waals surface area contributed by atoms with E-state index in [1.165, 1.54) is 0 Å². The van der Waals surface area contributed by atoms with Gasteiger partial charge in [-0.3, -0.25) is 9.54 Å². The lowest BCUT2D eigenvalue weighted by molar-refractivity contribution is 0.482. The monoisotopic (exact) mass is 299 g/mol. The van der Waals surface area contributed by atoms with E-state index >= 15 is 0 Å². The van der Waals surface area contributed by atoms with E-state index in [0.717, 1.165) is 10.6 Å². The Morgan fingerprint density at radius 2 is 1.63 bits per heavy atom. The van der Waals surface area contributed by atoms with Gasteiger partial charge in [0.15, 0.2) is 0 Å². The highest BCUT2D eigenvalue weighted by Gasteiger charge is 2.15. The van der Waals surface area contributed by atoms with Crippen LogP contribution in [0.3, 0.4) is 0 Å².